The van der Waals surface area contributed by atoms with Crippen LogP contribution in [0.1, 0.15) is 27.0 Å². The number of benzene rings is 3. The number of amides is 2. The number of H-pyrrole nitrogens is 1. The minimum Gasteiger partial charge on any atom is -0.465 e. The molecule has 0 bridgehead atoms. The number of aromatic amines is 1. The zero-order valence-electron chi connectivity index (χ0n) is 17.1. The number of hydrogen-bond donors (Lipinski definition) is 4. The first-order valence-electron chi connectivity index (χ1n) is 9.87. The van der Waals surface area contributed by atoms with E-state index in [2.05, 4.69) is 15.3 Å². The van der Waals surface area contributed by atoms with Gasteiger partial charge in [-0.05, 0) is 30.3 Å². The number of imidazole rings is 1. The number of carboxylic acid groups (broad SMARTS) is 1. The zero-order chi connectivity index (χ0) is 24.2. The SMILES string of the molecule is C#Cc1c(F)ccc(N2C(=O)c3ccccc3C2(O)c2ccc3nc(NC(=O)O)[nH]c3c2)c1F. The lowest BCUT2D eigenvalue weighted by atomic mass is 9.93. The highest BCUT2D eigenvalue weighted by molar-refractivity contribution is 6.12. The van der Waals surface area contributed by atoms with Gasteiger partial charge in [0.25, 0.3) is 5.91 Å². The maximum atomic E-state index is 15.3. The Hall–Kier alpha value is -4.75. The molecule has 0 aliphatic carbocycles. The van der Waals surface area contributed by atoms with Gasteiger partial charge < -0.3 is 15.2 Å². The normalized spacial score (nSPS) is 17.0. The molecule has 4 N–H and O–H groups in total. The highest BCUT2D eigenvalue weighted by Crippen LogP contribution is 2.46. The number of carbonyl (C=O) groups is 2. The summed E-state index contributed by atoms with van der Waals surface area (Å²) in [6.45, 7) is 0. The smallest absolute Gasteiger partial charge is 0.411 e. The Morgan fingerprint density at radius 1 is 1.18 bits per heavy atom. The highest BCUT2D eigenvalue weighted by Gasteiger charge is 2.51. The number of hydrogen-bond acceptors (Lipinski definition) is 4. The van der Waals surface area contributed by atoms with E-state index in [1.165, 1.54) is 30.3 Å². The molecular formula is C24H14F2N4O4. The van der Waals surface area contributed by atoms with E-state index in [9.17, 15) is 19.1 Å². The van der Waals surface area contributed by atoms with Gasteiger partial charge in [0.1, 0.15) is 5.82 Å². The average Bonchev–Trinajstić information content (AvgIpc) is 3.30. The Morgan fingerprint density at radius 3 is 2.68 bits per heavy atom. The molecule has 1 atom stereocenters. The van der Waals surface area contributed by atoms with Crippen molar-refractivity contribution in [2.45, 2.75) is 5.72 Å². The summed E-state index contributed by atoms with van der Waals surface area (Å²) < 4.78 is 29.3. The number of rotatable bonds is 3. The molecule has 4 aromatic rings. The molecule has 8 nitrogen and oxygen atoms in total. The van der Waals surface area contributed by atoms with Crippen LogP contribution in [0.2, 0.25) is 0 Å². The summed E-state index contributed by atoms with van der Waals surface area (Å²) in [6.07, 6.45) is 3.94. The van der Waals surface area contributed by atoms with Crippen molar-refractivity contribution in [2.75, 3.05) is 10.2 Å². The van der Waals surface area contributed by atoms with Crippen molar-refractivity contribution >= 4 is 34.7 Å². The van der Waals surface area contributed by atoms with Crippen molar-refractivity contribution in [3.05, 3.63) is 88.5 Å². The monoisotopic (exact) mass is 460 g/mol. The van der Waals surface area contributed by atoms with Crippen LogP contribution >= 0.6 is 0 Å². The fourth-order valence-electron chi connectivity index (χ4n) is 4.16. The standard InChI is InChI=1S/C24H14F2N4O4/c1-2-13-16(25)8-10-19(20(13)26)30-21(31)14-5-3-4-6-15(14)24(30,34)12-7-9-17-18(11-12)28-22(27-17)29-23(32)33/h1,3-11,34H,(H,32,33)(H2,27,28,29). The summed E-state index contributed by atoms with van der Waals surface area (Å²) in [6, 6.07) is 12.6. The molecule has 1 aliphatic heterocycles. The van der Waals surface area contributed by atoms with Gasteiger partial charge >= 0.3 is 6.09 Å². The van der Waals surface area contributed by atoms with Gasteiger partial charge in [-0.25, -0.2) is 18.6 Å². The lowest BCUT2D eigenvalue weighted by molar-refractivity contribution is 0.0698. The van der Waals surface area contributed by atoms with Crippen LogP contribution < -0.4 is 10.2 Å². The number of halogens is 2. The van der Waals surface area contributed by atoms with E-state index < -0.39 is 40.6 Å². The molecule has 1 aliphatic rings. The van der Waals surface area contributed by atoms with Crippen molar-refractivity contribution in [2.24, 2.45) is 0 Å². The maximum Gasteiger partial charge on any atom is 0.411 e. The Bertz CT molecular complexity index is 1560. The largest absolute Gasteiger partial charge is 0.465 e. The van der Waals surface area contributed by atoms with Crippen LogP contribution in [0.5, 0.6) is 0 Å². The molecule has 0 saturated carbocycles. The van der Waals surface area contributed by atoms with E-state index in [1.807, 2.05) is 5.92 Å². The first kappa shape index (κ1) is 21.1. The second-order valence-corrected chi connectivity index (χ2v) is 7.51. The van der Waals surface area contributed by atoms with Gasteiger partial charge in [-0.2, -0.15) is 0 Å². The third-order valence-corrected chi connectivity index (χ3v) is 5.63. The van der Waals surface area contributed by atoms with Crippen molar-refractivity contribution in [1.82, 2.24) is 9.97 Å². The first-order chi connectivity index (χ1) is 16.3. The number of anilines is 2. The van der Waals surface area contributed by atoms with Crippen molar-refractivity contribution in [3.8, 4) is 12.3 Å². The van der Waals surface area contributed by atoms with Gasteiger partial charge in [0, 0.05) is 16.7 Å². The number of nitrogens with zero attached hydrogens (tertiary/aromatic N) is 2. The predicted molar refractivity (Wildman–Crippen MR) is 118 cm³/mol. The van der Waals surface area contributed by atoms with E-state index >= 15 is 4.39 Å². The molecule has 0 saturated heterocycles. The molecule has 34 heavy (non-hydrogen) atoms. The van der Waals surface area contributed by atoms with Crippen LogP contribution in [0.3, 0.4) is 0 Å². The summed E-state index contributed by atoms with van der Waals surface area (Å²) in [5.41, 5.74) is -2.11. The third kappa shape index (κ3) is 2.92. The topological polar surface area (TPSA) is 119 Å². The molecular weight excluding hydrogens is 446 g/mol. The molecule has 5 rings (SSSR count). The minimum atomic E-state index is -2.20. The number of nitrogens with one attached hydrogen (secondary N) is 2. The summed E-state index contributed by atoms with van der Waals surface area (Å²) in [7, 11) is 0. The van der Waals surface area contributed by atoms with Gasteiger partial charge in [0.15, 0.2) is 11.5 Å². The van der Waals surface area contributed by atoms with Crippen LogP contribution in [0.4, 0.5) is 25.2 Å². The highest BCUT2D eigenvalue weighted by atomic mass is 19.1. The van der Waals surface area contributed by atoms with Crippen LogP contribution in [0.25, 0.3) is 11.0 Å². The average molecular weight is 460 g/mol. The Kier molecular flexibility index (Phi) is 4.59. The predicted octanol–water partition coefficient (Wildman–Crippen LogP) is 3.77. The number of aromatic nitrogens is 2. The molecule has 0 radical (unpaired) electrons. The molecule has 10 heteroatoms. The van der Waals surface area contributed by atoms with Crippen LogP contribution in [-0.4, -0.2) is 32.2 Å². The molecule has 168 valence electrons. The summed E-state index contributed by atoms with van der Waals surface area (Å²) in [5.74, 6) is -0.976. The van der Waals surface area contributed by atoms with E-state index in [1.54, 1.807) is 12.1 Å². The van der Waals surface area contributed by atoms with Gasteiger partial charge in [0.05, 0.1) is 22.3 Å². The first-order valence-corrected chi connectivity index (χ1v) is 9.87. The molecule has 0 fully saturated rings. The lowest BCUT2D eigenvalue weighted by Gasteiger charge is -2.35. The third-order valence-electron chi connectivity index (χ3n) is 5.63. The molecule has 2 heterocycles. The van der Waals surface area contributed by atoms with E-state index in [0.29, 0.717) is 11.0 Å². The summed E-state index contributed by atoms with van der Waals surface area (Å²) in [4.78, 5) is 32.0. The van der Waals surface area contributed by atoms with Crippen LogP contribution in [-0.2, 0) is 5.72 Å². The number of carbonyl (C=O) groups excluding carboxylic acids is 1. The second-order valence-electron chi connectivity index (χ2n) is 7.51. The molecule has 1 aromatic heterocycles. The Balaban J connectivity index is 1.75. The fourth-order valence-corrected chi connectivity index (χ4v) is 4.16. The zero-order valence-corrected chi connectivity index (χ0v) is 17.1. The quantitative estimate of drug-likeness (QED) is 0.347. The lowest BCUT2D eigenvalue weighted by Crippen LogP contribution is -2.45. The number of aliphatic hydroxyl groups is 1. The van der Waals surface area contributed by atoms with Crippen LogP contribution in [0.15, 0.2) is 54.6 Å². The van der Waals surface area contributed by atoms with Crippen LogP contribution in [0, 0.1) is 24.0 Å². The van der Waals surface area contributed by atoms with Gasteiger partial charge in [-0.15, -0.1) is 6.42 Å². The van der Waals surface area contributed by atoms with E-state index in [0.717, 1.165) is 17.0 Å². The second kappa shape index (κ2) is 7.40. The minimum absolute atomic E-state index is 0.0466. The van der Waals surface area contributed by atoms with Gasteiger partial charge in [0.2, 0.25) is 5.95 Å². The Morgan fingerprint density at radius 2 is 1.94 bits per heavy atom. The number of fused-ring (bicyclic) bond motifs is 2. The van der Waals surface area contributed by atoms with E-state index in [4.69, 9.17) is 11.5 Å². The number of terminal acetylenes is 1. The van der Waals surface area contributed by atoms with Crippen molar-refractivity contribution < 1.29 is 28.6 Å². The van der Waals surface area contributed by atoms with Crippen molar-refractivity contribution in [1.29, 1.82) is 0 Å². The molecule has 2 amide bonds. The van der Waals surface area contributed by atoms with E-state index in [-0.39, 0.29) is 22.6 Å². The van der Waals surface area contributed by atoms with Crippen molar-refractivity contribution in [3.63, 3.8) is 0 Å². The molecule has 3 aromatic carbocycles. The molecule has 0 spiro atoms. The molecule has 1 unspecified atom stereocenters. The van der Waals surface area contributed by atoms with Gasteiger partial charge in [-0.1, -0.05) is 30.2 Å². The summed E-state index contributed by atoms with van der Waals surface area (Å²) in [5, 5.41) is 23.0. The summed E-state index contributed by atoms with van der Waals surface area (Å²) >= 11 is 0. The fraction of sp³-hybridized carbons (Fsp3) is 0.0417. The maximum absolute atomic E-state index is 15.3. The van der Waals surface area contributed by atoms with Gasteiger partial charge in [-0.3, -0.25) is 15.0 Å². The Labute approximate surface area is 190 Å².